The average molecular weight is 436 g/mol. The number of barbiturate groups is 1. The van der Waals surface area contributed by atoms with E-state index in [4.69, 9.17) is 27.9 Å². The predicted molar refractivity (Wildman–Crippen MR) is 106 cm³/mol. The second-order valence-electron chi connectivity index (χ2n) is 6.15. The lowest BCUT2D eigenvalue weighted by Gasteiger charge is -2.20. The van der Waals surface area contributed by atoms with Crippen LogP contribution in [0.5, 0.6) is 5.75 Å². The number of hydrogen-bond donors (Lipinski definition) is 3. The van der Waals surface area contributed by atoms with Gasteiger partial charge in [-0.2, -0.15) is 0 Å². The molecule has 1 aliphatic heterocycles. The number of halogens is 2. The fourth-order valence-corrected chi connectivity index (χ4v) is 2.97. The van der Waals surface area contributed by atoms with Crippen molar-refractivity contribution < 1.29 is 23.9 Å². The topological polar surface area (TPSA) is 114 Å². The number of imide groups is 2. The summed E-state index contributed by atoms with van der Waals surface area (Å²) in [5, 5.41) is 7.28. The van der Waals surface area contributed by atoms with Crippen molar-refractivity contribution in [2.24, 2.45) is 5.92 Å². The van der Waals surface area contributed by atoms with E-state index in [0.29, 0.717) is 22.0 Å². The Labute approximate surface area is 175 Å². The number of anilines is 1. The molecule has 10 heteroatoms. The van der Waals surface area contributed by atoms with Crippen molar-refractivity contribution in [3.8, 4) is 5.75 Å². The van der Waals surface area contributed by atoms with Crippen LogP contribution >= 0.6 is 23.2 Å². The third-order valence-electron chi connectivity index (χ3n) is 4.07. The van der Waals surface area contributed by atoms with Crippen LogP contribution in [0.1, 0.15) is 5.56 Å². The van der Waals surface area contributed by atoms with E-state index in [0.717, 1.165) is 0 Å². The second kappa shape index (κ2) is 8.93. The van der Waals surface area contributed by atoms with Crippen molar-refractivity contribution in [1.82, 2.24) is 10.6 Å². The Morgan fingerprint density at radius 1 is 1.00 bits per heavy atom. The van der Waals surface area contributed by atoms with E-state index in [1.807, 2.05) is 0 Å². The van der Waals surface area contributed by atoms with Gasteiger partial charge in [0.05, 0.1) is 15.7 Å². The smallest absolute Gasteiger partial charge is 0.328 e. The molecule has 2 aromatic carbocycles. The van der Waals surface area contributed by atoms with E-state index in [1.54, 1.807) is 42.5 Å². The zero-order valence-electron chi connectivity index (χ0n) is 14.8. The van der Waals surface area contributed by atoms with Gasteiger partial charge in [-0.05, 0) is 36.2 Å². The van der Waals surface area contributed by atoms with E-state index in [1.165, 1.54) is 0 Å². The first-order valence-electron chi connectivity index (χ1n) is 8.45. The first kappa shape index (κ1) is 20.6. The molecular weight excluding hydrogens is 421 g/mol. The monoisotopic (exact) mass is 435 g/mol. The van der Waals surface area contributed by atoms with E-state index in [9.17, 15) is 19.2 Å². The quantitative estimate of drug-likeness (QED) is 0.603. The molecule has 150 valence electrons. The van der Waals surface area contributed by atoms with Gasteiger partial charge in [-0.3, -0.25) is 25.0 Å². The Kier molecular flexibility index (Phi) is 6.36. The van der Waals surface area contributed by atoms with Gasteiger partial charge in [0, 0.05) is 0 Å². The summed E-state index contributed by atoms with van der Waals surface area (Å²) in [6.07, 6.45) is 0.124. The van der Waals surface area contributed by atoms with Gasteiger partial charge in [0.25, 0.3) is 5.91 Å². The average Bonchev–Trinajstić information content (AvgIpc) is 2.67. The maximum Gasteiger partial charge on any atom is 0.328 e. The van der Waals surface area contributed by atoms with E-state index in [2.05, 4.69) is 16.0 Å². The molecule has 0 aromatic heterocycles. The number of carbonyl (C=O) groups excluding carboxylic acids is 4. The Hall–Kier alpha value is -3.10. The minimum atomic E-state index is -0.993. The van der Waals surface area contributed by atoms with E-state index >= 15 is 0 Å². The molecule has 0 spiro atoms. The molecule has 1 heterocycles. The van der Waals surface area contributed by atoms with Crippen molar-refractivity contribution in [2.75, 3.05) is 11.9 Å². The van der Waals surface area contributed by atoms with Crippen molar-refractivity contribution in [1.29, 1.82) is 0 Å². The third kappa shape index (κ3) is 5.24. The molecule has 0 unspecified atom stereocenters. The van der Waals surface area contributed by atoms with Crippen LogP contribution in [0.4, 0.5) is 10.5 Å². The van der Waals surface area contributed by atoms with Gasteiger partial charge in [-0.1, -0.05) is 41.4 Å². The summed E-state index contributed by atoms with van der Waals surface area (Å²) >= 11 is 11.9. The third-order valence-corrected chi connectivity index (χ3v) is 4.88. The lowest BCUT2D eigenvalue weighted by Crippen LogP contribution is -2.56. The van der Waals surface area contributed by atoms with E-state index < -0.39 is 29.7 Å². The molecule has 2 aromatic rings. The summed E-state index contributed by atoms with van der Waals surface area (Å²) in [6.45, 7) is -0.252. The molecule has 1 fully saturated rings. The molecule has 0 bridgehead atoms. The van der Waals surface area contributed by atoms with Crippen molar-refractivity contribution >= 4 is 52.6 Å². The number of carbonyl (C=O) groups is 4. The Bertz CT molecular complexity index is 958. The summed E-state index contributed by atoms with van der Waals surface area (Å²) in [4.78, 5) is 46.7. The van der Waals surface area contributed by atoms with Crippen LogP contribution in [0, 0.1) is 5.92 Å². The highest BCUT2D eigenvalue weighted by atomic mass is 35.5. The van der Waals surface area contributed by atoms with Gasteiger partial charge < -0.3 is 10.1 Å². The second-order valence-corrected chi connectivity index (χ2v) is 6.93. The maximum atomic E-state index is 12.0. The lowest BCUT2D eigenvalue weighted by atomic mass is 9.96. The molecule has 3 N–H and O–H groups in total. The fraction of sp³-hybridized carbons (Fsp3) is 0.158. The number of ether oxygens (including phenoxy) is 1. The van der Waals surface area contributed by atoms with Gasteiger partial charge in [0.2, 0.25) is 11.8 Å². The molecule has 0 atom stereocenters. The summed E-state index contributed by atoms with van der Waals surface area (Å²) in [5.74, 6) is -2.27. The summed E-state index contributed by atoms with van der Waals surface area (Å²) in [5.41, 5.74) is 1.07. The molecule has 1 saturated heterocycles. The normalized spacial score (nSPS) is 14.2. The molecule has 0 aliphatic carbocycles. The highest BCUT2D eigenvalue weighted by Crippen LogP contribution is 2.29. The maximum absolute atomic E-state index is 12.0. The number of benzene rings is 2. The van der Waals surface area contributed by atoms with Crippen molar-refractivity contribution in [3.05, 3.63) is 58.1 Å². The number of nitrogens with one attached hydrogen (secondary N) is 3. The summed E-state index contributed by atoms with van der Waals surface area (Å²) < 4.78 is 5.42. The molecular formula is C19H15Cl2N3O5. The van der Waals surface area contributed by atoms with Crippen LogP contribution in [-0.4, -0.2) is 30.4 Å². The minimum absolute atomic E-state index is 0.124. The largest absolute Gasteiger partial charge is 0.484 e. The summed E-state index contributed by atoms with van der Waals surface area (Å²) in [7, 11) is 0. The van der Waals surface area contributed by atoms with Gasteiger partial charge in [0.1, 0.15) is 11.7 Å². The predicted octanol–water partition coefficient (Wildman–Crippen LogP) is 2.54. The first-order chi connectivity index (χ1) is 13.8. The standard InChI is InChI=1S/C19H15Cl2N3O5/c20-13-2-1-3-14(16(13)21)22-15(25)9-29-11-6-4-10(5-7-11)8-12-17(26)23-19(28)24-18(12)27/h1-7,12H,8-9H2,(H,22,25)(H2,23,24,26,27,28). The molecule has 29 heavy (non-hydrogen) atoms. The molecule has 8 nitrogen and oxygen atoms in total. The van der Waals surface area contributed by atoms with Crippen LogP contribution in [0.15, 0.2) is 42.5 Å². The van der Waals surface area contributed by atoms with Crippen LogP contribution in [-0.2, 0) is 20.8 Å². The number of hydrogen-bond acceptors (Lipinski definition) is 5. The Morgan fingerprint density at radius 2 is 1.66 bits per heavy atom. The van der Waals surface area contributed by atoms with Crippen molar-refractivity contribution in [2.45, 2.75) is 6.42 Å². The molecule has 3 rings (SSSR count). The summed E-state index contributed by atoms with van der Waals surface area (Å²) in [6, 6.07) is 10.6. The van der Waals surface area contributed by atoms with Crippen LogP contribution in [0.2, 0.25) is 10.0 Å². The SMILES string of the molecule is O=C(COc1ccc(CC2C(=O)NC(=O)NC2=O)cc1)Nc1cccc(Cl)c1Cl. The van der Waals surface area contributed by atoms with Crippen LogP contribution in [0.3, 0.4) is 0 Å². The van der Waals surface area contributed by atoms with Crippen molar-refractivity contribution in [3.63, 3.8) is 0 Å². The van der Waals surface area contributed by atoms with Crippen LogP contribution < -0.4 is 20.7 Å². The molecule has 0 saturated carbocycles. The van der Waals surface area contributed by atoms with Gasteiger partial charge >= 0.3 is 6.03 Å². The zero-order chi connectivity index (χ0) is 21.0. The highest BCUT2D eigenvalue weighted by Gasteiger charge is 2.33. The molecule has 5 amide bonds. The molecule has 1 aliphatic rings. The lowest BCUT2D eigenvalue weighted by molar-refractivity contribution is -0.135. The Balaban J connectivity index is 1.53. The Morgan fingerprint density at radius 3 is 2.31 bits per heavy atom. The minimum Gasteiger partial charge on any atom is -0.484 e. The number of urea groups is 1. The van der Waals surface area contributed by atoms with Gasteiger partial charge in [-0.25, -0.2) is 4.79 Å². The number of rotatable bonds is 6. The number of amides is 5. The van der Waals surface area contributed by atoms with E-state index in [-0.39, 0.29) is 18.1 Å². The van der Waals surface area contributed by atoms with Gasteiger partial charge in [0.15, 0.2) is 6.61 Å². The highest BCUT2D eigenvalue weighted by molar-refractivity contribution is 6.44. The fourth-order valence-electron chi connectivity index (χ4n) is 2.63. The molecule has 0 radical (unpaired) electrons. The zero-order valence-corrected chi connectivity index (χ0v) is 16.3. The van der Waals surface area contributed by atoms with Gasteiger partial charge in [-0.15, -0.1) is 0 Å². The van der Waals surface area contributed by atoms with Crippen LogP contribution in [0.25, 0.3) is 0 Å². The first-order valence-corrected chi connectivity index (χ1v) is 9.20.